The molecule has 328 valence electrons. The zero-order valence-electron chi connectivity index (χ0n) is 35.2. The van der Waals surface area contributed by atoms with Gasteiger partial charge in [0.1, 0.15) is 23.9 Å². The first kappa shape index (κ1) is 44.3. The standard InChI is InChI=1S/C47H51NO14/c1-25-31(60-43(56)36(52)35(28-16-10-7-11-17-28)48-41(54)29-18-12-8-13-19-29)23-47(57)40(61-42(55)30-20-14-9-15-21-30)38-45(6,32(51)22-33-46(38,24-58-33)62-27(3)50)39(53)37(59-26(2)49)34(25)44(47,4)5/h7-21,31-33,35-38,40,51-52,57H,22-24H2,1-6H3,(H,48,54)/t31-,32+,33-,35+,36+,37-,38?,40-,45-,46-,47-/m1/s1. The maximum atomic E-state index is 15.5. The van der Waals surface area contributed by atoms with E-state index in [9.17, 15) is 39.3 Å². The highest BCUT2D eigenvalue weighted by Crippen LogP contribution is 2.64. The molecule has 2 saturated carbocycles. The van der Waals surface area contributed by atoms with E-state index in [1.54, 1.807) is 92.7 Å². The number of Topliss-reactive ketones (excluding diaryl/α,β-unsaturated/α-hetero) is 1. The van der Waals surface area contributed by atoms with Crippen molar-refractivity contribution in [1.82, 2.24) is 5.32 Å². The van der Waals surface area contributed by atoms with E-state index in [4.69, 9.17) is 23.7 Å². The summed E-state index contributed by atoms with van der Waals surface area (Å²) in [6.07, 6.45) is -10.5. The Kier molecular flexibility index (Phi) is 11.8. The van der Waals surface area contributed by atoms with Crippen LogP contribution < -0.4 is 5.32 Å². The van der Waals surface area contributed by atoms with Crippen molar-refractivity contribution in [3.05, 3.63) is 119 Å². The molecule has 0 spiro atoms. The highest BCUT2D eigenvalue weighted by Gasteiger charge is 2.78. The molecule has 3 aromatic carbocycles. The number of ketones is 1. The summed E-state index contributed by atoms with van der Waals surface area (Å²) in [6, 6.07) is 22.9. The molecule has 0 aromatic heterocycles. The van der Waals surface area contributed by atoms with Crippen LogP contribution in [0, 0.1) is 16.7 Å². The Morgan fingerprint density at radius 2 is 1.40 bits per heavy atom. The quantitative estimate of drug-likeness (QED) is 0.130. The Morgan fingerprint density at radius 1 is 0.823 bits per heavy atom. The SMILES string of the molecule is CC(=O)O[C@H]1C(=O)[C@@]2(C)C([C@@H](OC(=O)c3ccccc3)[C@]3(O)C[C@@H](OC(=O)[C@@H](O)[C@@H](NC(=O)c4ccccc4)c4ccccc4)C(C)=C1C3(C)C)[C@@]1(OC(C)=O)CO[C@@H]1C[C@@H]2O. The average Bonchev–Trinajstić information content (AvgIpc) is 3.24. The Labute approximate surface area is 358 Å². The molecule has 7 rings (SSSR count). The smallest absolute Gasteiger partial charge is 0.338 e. The molecule has 4 N–H and O–H groups in total. The lowest BCUT2D eigenvalue weighted by Crippen LogP contribution is -2.82. The fourth-order valence-electron chi connectivity index (χ4n) is 10.2. The summed E-state index contributed by atoms with van der Waals surface area (Å²) in [5.41, 5.74) is -7.02. The molecule has 11 atom stereocenters. The topological polar surface area (TPSA) is 221 Å². The monoisotopic (exact) mass is 853 g/mol. The summed E-state index contributed by atoms with van der Waals surface area (Å²) >= 11 is 0. The maximum absolute atomic E-state index is 15.5. The van der Waals surface area contributed by atoms with Gasteiger partial charge in [-0.2, -0.15) is 0 Å². The minimum atomic E-state index is -2.39. The zero-order valence-corrected chi connectivity index (χ0v) is 35.2. The molecule has 3 aromatic rings. The van der Waals surface area contributed by atoms with Crippen LogP contribution >= 0.6 is 0 Å². The Balaban J connectivity index is 1.39. The van der Waals surface area contributed by atoms with E-state index in [1.807, 2.05) is 0 Å². The van der Waals surface area contributed by atoms with Crippen molar-refractivity contribution in [3.63, 3.8) is 0 Å². The molecule has 1 heterocycles. The molecule has 3 fully saturated rings. The molecular formula is C47H51NO14. The van der Waals surface area contributed by atoms with Crippen molar-refractivity contribution >= 4 is 35.6 Å². The number of carbonyl (C=O) groups excluding carboxylic acids is 6. The Bertz CT molecular complexity index is 2280. The predicted octanol–water partition coefficient (Wildman–Crippen LogP) is 3.74. The van der Waals surface area contributed by atoms with Crippen LogP contribution in [0.25, 0.3) is 0 Å². The number of aliphatic hydroxyl groups is 3. The summed E-state index contributed by atoms with van der Waals surface area (Å²) in [4.78, 5) is 83.5. The fraction of sp³-hybridized carbons (Fsp3) is 0.447. The van der Waals surface area contributed by atoms with Crippen molar-refractivity contribution in [3.8, 4) is 0 Å². The van der Waals surface area contributed by atoms with Gasteiger partial charge in [0, 0.05) is 37.7 Å². The average molecular weight is 854 g/mol. The van der Waals surface area contributed by atoms with E-state index in [-0.39, 0.29) is 35.3 Å². The maximum Gasteiger partial charge on any atom is 0.338 e. The summed E-state index contributed by atoms with van der Waals surface area (Å²) in [5.74, 6) is -6.84. The highest BCUT2D eigenvalue weighted by atomic mass is 16.6. The highest BCUT2D eigenvalue weighted by molar-refractivity contribution is 5.96. The molecule has 3 aliphatic carbocycles. The van der Waals surface area contributed by atoms with Crippen LogP contribution in [0.2, 0.25) is 0 Å². The number of hydrogen-bond acceptors (Lipinski definition) is 14. The van der Waals surface area contributed by atoms with Crippen LogP contribution in [-0.2, 0) is 42.9 Å². The van der Waals surface area contributed by atoms with Crippen LogP contribution in [0.3, 0.4) is 0 Å². The van der Waals surface area contributed by atoms with Crippen LogP contribution in [-0.4, -0.2) is 105 Å². The van der Waals surface area contributed by atoms with Crippen molar-refractivity contribution < 1.29 is 67.8 Å². The van der Waals surface area contributed by atoms with Crippen molar-refractivity contribution in [2.45, 2.75) is 108 Å². The van der Waals surface area contributed by atoms with E-state index in [2.05, 4.69) is 5.32 Å². The lowest BCUT2D eigenvalue weighted by Gasteiger charge is -2.67. The predicted molar refractivity (Wildman–Crippen MR) is 218 cm³/mol. The van der Waals surface area contributed by atoms with Gasteiger partial charge in [-0.15, -0.1) is 0 Å². The largest absolute Gasteiger partial charge is 0.456 e. The number of rotatable bonds is 10. The number of amides is 1. The van der Waals surface area contributed by atoms with Gasteiger partial charge in [0.2, 0.25) is 0 Å². The third-order valence-corrected chi connectivity index (χ3v) is 13.5. The second kappa shape index (κ2) is 16.5. The molecule has 1 aliphatic heterocycles. The lowest BCUT2D eigenvalue weighted by molar-refractivity contribution is -0.346. The van der Waals surface area contributed by atoms with Gasteiger partial charge in [0.25, 0.3) is 5.91 Å². The summed E-state index contributed by atoms with van der Waals surface area (Å²) < 4.78 is 30.3. The van der Waals surface area contributed by atoms with E-state index in [0.717, 1.165) is 13.8 Å². The van der Waals surface area contributed by atoms with Gasteiger partial charge in [0.05, 0.1) is 35.6 Å². The van der Waals surface area contributed by atoms with Crippen LogP contribution in [0.1, 0.15) is 86.7 Å². The lowest BCUT2D eigenvalue weighted by atomic mass is 9.44. The summed E-state index contributed by atoms with van der Waals surface area (Å²) in [7, 11) is 0. The second-order valence-electron chi connectivity index (χ2n) is 17.4. The normalized spacial score (nSPS) is 31.9. The molecule has 2 bridgehead atoms. The van der Waals surface area contributed by atoms with Gasteiger partial charge in [-0.05, 0) is 54.8 Å². The number of carbonyl (C=O) groups is 6. The van der Waals surface area contributed by atoms with Crippen molar-refractivity contribution in [2.75, 3.05) is 6.61 Å². The first-order chi connectivity index (χ1) is 29.3. The first-order valence-electron chi connectivity index (χ1n) is 20.5. The molecule has 15 heteroatoms. The third kappa shape index (κ3) is 7.29. The Morgan fingerprint density at radius 3 is 1.95 bits per heavy atom. The number of benzene rings is 3. The number of aliphatic hydroxyl groups excluding tert-OH is 2. The number of fused-ring (bicyclic) bond motifs is 5. The van der Waals surface area contributed by atoms with E-state index >= 15 is 4.79 Å². The molecule has 1 amide bonds. The van der Waals surface area contributed by atoms with Crippen molar-refractivity contribution in [2.24, 2.45) is 16.7 Å². The summed E-state index contributed by atoms with van der Waals surface area (Å²) in [5, 5.41) is 40.2. The number of ether oxygens (including phenoxy) is 5. The third-order valence-electron chi connectivity index (χ3n) is 13.5. The second-order valence-corrected chi connectivity index (χ2v) is 17.4. The van der Waals surface area contributed by atoms with Crippen LogP contribution in [0.15, 0.2) is 102 Å². The fourth-order valence-corrected chi connectivity index (χ4v) is 10.2. The van der Waals surface area contributed by atoms with Gasteiger partial charge >= 0.3 is 23.9 Å². The van der Waals surface area contributed by atoms with Crippen LogP contribution in [0.5, 0.6) is 0 Å². The van der Waals surface area contributed by atoms with Gasteiger partial charge in [0.15, 0.2) is 23.6 Å². The molecule has 0 radical (unpaired) electrons. The van der Waals surface area contributed by atoms with Gasteiger partial charge < -0.3 is 44.3 Å². The zero-order chi connectivity index (χ0) is 44.9. The Hall–Kier alpha value is -5.74. The van der Waals surface area contributed by atoms with Gasteiger partial charge in [-0.3, -0.25) is 19.2 Å². The van der Waals surface area contributed by atoms with E-state index in [0.29, 0.717) is 5.56 Å². The van der Waals surface area contributed by atoms with Gasteiger partial charge in [-0.25, -0.2) is 9.59 Å². The molecule has 62 heavy (non-hydrogen) atoms. The first-order valence-corrected chi connectivity index (χ1v) is 20.5. The van der Waals surface area contributed by atoms with Crippen LogP contribution in [0.4, 0.5) is 0 Å². The molecule has 1 saturated heterocycles. The van der Waals surface area contributed by atoms with E-state index < -0.39 is 113 Å². The summed E-state index contributed by atoms with van der Waals surface area (Å²) in [6.45, 7) is 7.97. The van der Waals surface area contributed by atoms with Gasteiger partial charge in [-0.1, -0.05) is 80.6 Å². The number of esters is 4. The molecular weight excluding hydrogens is 803 g/mol. The van der Waals surface area contributed by atoms with Crippen molar-refractivity contribution in [1.29, 1.82) is 0 Å². The molecule has 1 unspecified atom stereocenters. The minimum absolute atomic E-state index is 0.00289. The minimum Gasteiger partial charge on any atom is -0.456 e. The van der Waals surface area contributed by atoms with E-state index in [1.165, 1.54) is 26.0 Å². The number of nitrogens with one attached hydrogen (secondary N) is 1. The molecule has 15 nitrogen and oxygen atoms in total. The molecule has 4 aliphatic rings. The number of hydrogen-bond donors (Lipinski definition) is 4.